The van der Waals surface area contributed by atoms with E-state index < -0.39 is 0 Å². The smallest absolute Gasteiger partial charge is 0.146 e. The summed E-state index contributed by atoms with van der Waals surface area (Å²) < 4.78 is 9.13. The topological polar surface area (TPSA) is 49.6 Å². The summed E-state index contributed by atoms with van der Waals surface area (Å²) in [6.45, 7) is 0. The number of rotatable bonds is 6. The molecule has 0 saturated carbocycles. The number of nitrogens with zero attached hydrogens (tertiary/aromatic N) is 1. The fourth-order valence-corrected chi connectivity index (χ4v) is 9.50. The van der Waals surface area contributed by atoms with Crippen molar-refractivity contribution in [2.24, 2.45) is 4.99 Å². The van der Waals surface area contributed by atoms with Gasteiger partial charge in [-0.05, 0) is 80.9 Å². The molecule has 0 radical (unpaired) electrons. The highest BCUT2D eigenvalue weighted by atomic mass is 32.1. The van der Waals surface area contributed by atoms with Gasteiger partial charge < -0.3 is 9.73 Å². The number of amidine groups is 1. The van der Waals surface area contributed by atoms with Gasteiger partial charge in [-0.3, -0.25) is 5.32 Å². The fraction of sp³-hybridized carbons (Fsp3) is 0.0392. The molecule has 2 unspecified atom stereocenters. The highest BCUT2D eigenvalue weighted by Crippen LogP contribution is 2.42. The summed E-state index contributed by atoms with van der Waals surface area (Å²) in [6.07, 6.45) is -0.597. The molecule has 266 valence electrons. The van der Waals surface area contributed by atoms with Gasteiger partial charge in [0, 0.05) is 30.9 Å². The van der Waals surface area contributed by atoms with Crippen molar-refractivity contribution in [2.75, 3.05) is 0 Å². The summed E-state index contributed by atoms with van der Waals surface area (Å²) in [5.74, 6) is 0.789. The van der Waals surface area contributed by atoms with Crippen molar-refractivity contribution in [3.8, 4) is 33.4 Å². The van der Waals surface area contributed by atoms with E-state index in [4.69, 9.17) is 9.41 Å². The lowest BCUT2D eigenvalue weighted by Gasteiger charge is -2.32. The van der Waals surface area contributed by atoms with Crippen LogP contribution in [-0.2, 0) is 0 Å². The fourth-order valence-electron chi connectivity index (χ4n) is 8.21. The van der Waals surface area contributed by atoms with Gasteiger partial charge in [-0.15, -0.1) is 11.3 Å². The Hall–Kier alpha value is -6.79. The van der Waals surface area contributed by atoms with Crippen LogP contribution in [0.25, 0.3) is 75.5 Å². The third kappa shape index (κ3) is 5.68. The van der Waals surface area contributed by atoms with Crippen molar-refractivity contribution in [1.82, 2.24) is 10.6 Å². The quantitative estimate of drug-likeness (QED) is 0.179. The Morgan fingerprint density at radius 1 is 0.464 bits per heavy atom. The summed E-state index contributed by atoms with van der Waals surface area (Å²) >= 11 is 1.86. The molecule has 2 aromatic heterocycles. The van der Waals surface area contributed by atoms with Crippen molar-refractivity contribution in [3.63, 3.8) is 0 Å². The molecule has 8 aromatic carbocycles. The van der Waals surface area contributed by atoms with Gasteiger partial charge in [0.15, 0.2) is 0 Å². The van der Waals surface area contributed by atoms with Crippen LogP contribution >= 0.6 is 11.3 Å². The molecule has 0 fully saturated rings. The van der Waals surface area contributed by atoms with E-state index in [9.17, 15) is 0 Å². The minimum atomic E-state index is -0.357. The SMILES string of the molecule is c1ccc(-c2cc(-c3ccccc3)cc(C3N=C(c4cccc5c4oc4ccccc45)NC(c4ccc5c(c4)sc4c(-c6ccccc6)cccc45)N3)c2)cc1. The van der Waals surface area contributed by atoms with Gasteiger partial charge in [-0.25, -0.2) is 4.99 Å². The number of nitrogens with one attached hydrogen (secondary N) is 2. The standard InChI is InChI=1S/C51H35N3OS/c1-4-14-32(15-5-1)36-28-37(33-16-6-2-7-17-33)30-38(29-36)50-52-49(53-51(54-50)44-24-13-22-42-40-20-10-11-25-45(40)55-47(42)44)35-26-27-41-43-23-12-21-39(34-18-8-3-9-19-34)48(43)56-46(41)31-35/h1-31,49-50,52H,(H,53,54). The lowest BCUT2D eigenvalue weighted by molar-refractivity contribution is 0.409. The molecule has 0 aliphatic carbocycles. The largest absolute Gasteiger partial charge is 0.455 e. The number of thiophene rings is 1. The lowest BCUT2D eigenvalue weighted by Crippen LogP contribution is -2.45. The van der Waals surface area contributed by atoms with Crippen LogP contribution in [0.5, 0.6) is 0 Å². The average Bonchev–Trinajstić information content (AvgIpc) is 3.85. The number of hydrogen-bond donors (Lipinski definition) is 2. The van der Waals surface area contributed by atoms with Gasteiger partial charge in [0.1, 0.15) is 29.3 Å². The highest BCUT2D eigenvalue weighted by Gasteiger charge is 2.28. The molecule has 1 aliphatic heterocycles. The maximum atomic E-state index is 6.57. The van der Waals surface area contributed by atoms with E-state index >= 15 is 0 Å². The molecule has 0 saturated heterocycles. The molecule has 0 spiro atoms. The van der Waals surface area contributed by atoms with E-state index in [0.717, 1.165) is 55.6 Å². The Balaban J connectivity index is 1.08. The first-order chi connectivity index (χ1) is 27.7. The van der Waals surface area contributed by atoms with Gasteiger partial charge in [0.2, 0.25) is 0 Å². The zero-order valence-corrected chi connectivity index (χ0v) is 31.1. The number of furan rings is 1. The highest BCUT2D eigenvalue weighted by molar-refractivity contribution is 7.26. The second-order valence-electron chi connectivity index (χ2n) is 14.4. The minimum Gasteiger partial charge on any atom is -0.455 e. The summed E-state index contributed by atoms with van der Waals surface area (Å²) in [7, 11) is 0. The summed E-state index contributed by atoms with van der Waals surface area (Å²) in [5, 5.41) is 12.5. The van der Waals surface area contributed by atoms with E-state index in [1.54, 1.807) is 0 Å². The maximum Gasteiger partial charge on any atom is 0.146 e. The Bertz CT molecular complexity index is 3040. The summed E-state index contributed by atoms with van der Waals surface area (Å²) in [4.78, 5) is 5.47. The zero-order chi connectivity index (χ0) is 37.0. The Morgan fingerprint density at radius 3 is 1.82 bits per heavy atom. The minimum absolute atomic E-state index is 0.240. The van der Waals surface area contributed by atoms with Gasteiger partial charge in [0.05, 0.1) is 5.56 Å². The molecular formula is C51H35N3OS. The third-order valence-corrected chi connectivity index (χ3v) is 12.2. The van der Waals surface area contributed by atoms with Gasteiger partial charge in [-0.1, -0.05) is 152 Å². The van der Waals surface area contributed by atoms with Crippen molar-refractivity contribution in [3.05, 3.63) is 205 Å². The predicted octanol–water partition coefficient (Wildman–Crippen LogP) is 13.3. The van der Waals surface area contributed by atoms with Crippen LogP contribution in [0, 0.1) is 0 Å². The van der Waals surface area contributed by atoms with Crippen LogP contribution in [0.2, 0.25) is 0 Å². The third-order valence-electron chi connectivity index (χ3n) is 10.9. The van der Waals surface area contributed by atoms with Crippen molar-refractivity contribution in [1.29, 1.82) is 0 Å². The number of hydrogen-bond acceptors (Lipinski definition) is 5. The van der Waals surface area contributed by atoms with E-state index in [-0.39, 0.29) is 12.3 Å². The first-order valence-electron chi connectivity index (χ1n) is 19.0. The summed E-state index contributed by atoms with van der Waals surface area (Å²) in [6, 6.07) is 66.9. The van der Waals surface area contributed by atoms with Crippen molar-refractivity contribution < 1.29 is 4.42 Å². The molecule has 3 heterocycles. The molecule has 2 atom stereocenters. The zero-order valence-electron chi connectivity index (χ0n) is 30.3. The normalized spacial score (nSPS) is 15.7. The molecule has 4 nitrogen and oxygen atoms in total. The number of fused-ring (bicyclic) bond motifs is 6. The predicted molar refractivity (Wildman–Crippen MR) is 234 cm³/mol. The maximum absolute atomic E-state index is 6.57. The molecule has 2 N–H and O–H groups in total. The molecule has 10 aromatic rings. The van der Waals surface area contributed by atoms with E-state index in [1.165, 1.54) is 42.4 Å². The Morgan fingerprint density at radius 2 is 1.09 bits per heavy atom. The second-order valence-corrected chi connectivity index (χ2v) is 15.4. The first kappa shape index (κ1) is 32.6. The van der Waals surface area contributed by atoms with Gasteiger partial charge >= 0.3 is 0 Å². The van der Waals surface area contributed by atoms with Crippen LogP contribution in [-0.4, -0.2) is 5.84 Å². The van der Waals surface area contributed by atoms with Crippen molar-refractivity contribution in [2.45, 2.75) is 12.3 Å². The Labute approximate surface area is 328 Å². The first-order valence-corrected chi connectivity index (χ1v) is 19.8. The average molecular weight is 738 g/mol. The number of para-hydroxylation sites is 2. The lowest BCUT2D eigenvalue weighted by atomic mass is 9.94. The molecule has 0 amide bonds. The van der Waals surface area contributed by atoms with Gasteiger partial charge in [0.25, 0.3) is 0 Å². The second kappa shape index (κ2) is 13.5. The number of benzene rings is 8. The number of aliphatic imine (C=N–C) groups is 1. The monoisotopic (exact) mass is 737 g/mol. The van der Waals surface area contributed by atoms with Crippen LogP contribution in [0.4, 0.5) is 0 Å². The van der Waals surface area contributed by atoms with E-state index in [0.29, 0.717) is 0 Å². The molecule has 0 bridgehead atoms. The molecule has 5 heteroatoms. The molecule has 1 aliphatic rings. The van der Waals surface area contributed by atoms with Gasteiger partial charge in [-0.2, -0.15) is 0 Å². The Kier molecular flexibility index (Phi) is 7.87. The molecular weight excluding hydrogens is 703 g/mol. The molecule has 11 rings (SSSR count). The van der Waals surface area contributed by atoms with Crippen LogP contribution < -0.4 is 10.6 Å². The van der Waals surface area contributed by atoms with E-state index in [2.05, 4.69) is 187 Å². The van der Waals surface area contributed by atoms with E-state index in [1.807, 2.05) is 23.5 Å². The van der Waals surface area contributed by atoms with Crippen LogP contribution in [0.3, 0.4) is 0 Å². The molecule has 56 heavy (non-hydrogen) atoms. The van der Waals surface area contributed by atoms with Crippen LogP contribution in [0.1, 0.15) is 29.0 Å². The van der Waals surface area contributed by atoms with Crippen molar-refractivity contribution >= 4 is 59.3 Å². The summed E-state index contributed by atoms with van der Waals surface area (Å²) in [5.41, 5.74) is 12.0. The van der Waals surface area contributed by atoms with Crippen LogP contribution in [0.15, 0.2) is 197 Å².